The van der Waals surface area contributed by atoms with Crippen molar-refractivity contribution in [1.29, 1.82) is 0 Å². The summed E-state index contributed by atoms with van der Waals surface area (Å²) in [6, 6.07) is 12.1. The van der Waals surface area contributed by atoms with Crippen molar-refractivity contribution in [3.05, 3.63) is 69.1 Å². The lowest BCUT2D eigenvalue weighted by atomic mass is 9.96. The van der Waals surface area contributed by atoms with Crippen LogP contribution in [-0.4, -0.2) is 46.5 Å². The molecule has 1 aromatic heterocycles. The predicted molar refractivity (Wildman–Crippen MR) is 120 cm³/mol. The average molecular weight is 408 g/mol. The Morgan fingerprint density at radius 3 is 2.37 bits per heavy atom. The van der Waals surface area contributed by atoms with Crippen LogP contribution >= 0.6 is 0 Å². The Hall–Kier alpha value is -2.40. The molecule has 5 nitrogen and oxygen atoms in total. The van der Waals surface area contributed by atoms with Gasteiger partial charge in [0.25, 0.3) is 5.91 Å². The first kappa shape index (κ1) is 20.9. The fraction of sp³-hybridized carbons (Fsp3) is 0.520. The SMILES string of the molecule is Cc1cc(=O)c(C(=O)N2CCN(Cc3ccccc3)CC2)c(CC2CCCC2)n1C. The Morgan fingerprint density at radius 1 is 1.03 bits per heavy atom. The zero-order valence-electron chi connectivity index (χ0n) is 18.3. The molecule has 1 aliphatic carbocycles. The molecule has 1 saturated carbocycles. The topological polar surface area (TPSA) is 45.6 Å². The third-order valence-electron chi connectivity index (χ3n) is 6.89. The minimum atomic E-state index is -0.115. The van der Waals surface area contributed by atoms with E-state index in [1.165, 1.54) is 31.2 Å². The van der Waals surface area contributed by atoms with E-state index in [1.807, 2.05) is 24.9 Å². The number of hydrogen-bond acceptors (Lipinski definition) is 3. The Labute approximate surface area is 179 Å². The van der Waals surface area contributed by atoms with E-state index in [1.54, 1.807) is 6.07 Å². The molecule has 2 aromatic rings. The van der Waals surface area contributed by atoms with E-state index in [0.29, 0.717) is 24.6 Å². The Morgan fingerprint density at radius 2 is 1.70 bits per heavy atom. The van der Waals surface area contributed by atoms with Crippen molar-refractivity contribution in [2.24, 2.45) is 13.0 Å². The number of piperazine rings is 1. The normalized spacial score (nSPS) is 18.1. The van der Waals surface area contributed by atoms with Crippen LogP contribution in [0.4, 0.5) is 0 Å². The quantitative estimate of drug-likeness (QED) is 0.763. The molecule has 5 heteroatoms. The minimum Gasteiger partial charge on any atom is -0.351 e. The molecule has 30 heavy (non-hydrogen) atoms. The number of aryl methyl sites for hydroxylation is 1. The smallest absolute Gasteiger partial charge is 0.259 e. The Kier molecular flexibility index (Phi) is 6.38. The number of carbonyl (C=O) groups excluding carboxylic acids is 1. The molecule has 0 N–H and O–H groups in total. The third kappa shape index (κ3) is 4.51. The lowest BCUT2D eigenvalue weighted by Crippen LogP contribution is -2.49. The van der Waals surface area contributed by atoms with Crippen LogP contribution in [0.5, 0.6) is 0 Å². The molecular formula is C25H33N3O2. The summed E-state index contributed by atoms with van der Waals surface area (Å²) in [7, 11) is 1.99. The van der Waals surface area contributed by atoms with Crippen molar-refractivity contribution < 1.29 is 4.79 Å². The summed E-state index contributed by atoms with van der Waals surface area (Å²) in [4.78, 5) is 30.6. The summed E-state index contributed by atoms with van der Waals surface area (Å²) in [5.74, 6) is 0.509. The van der Waals surface area contributed by atoms with Crippen molar-refractivity contribution in [2.45, 2.75) is 45.6 Å². The first-order chi connectivity index (χ1) is 14.5. The van der Waals surface area contributed by atoms with Crippen LogP contribution in [0.25, 0.3) is 0 Å². The Bertz CT molecular complexity index is 937. The summed E-state index contributed by atoms with van der Waals surface area (Å²) in [5, 5.41) is 0. The van der Waals surface area contributed by atoms with Crippen LogP contribution < -0.4 is 5.43 Å². The summed E-state index contributed by atoms with van der Waals surface area (Å²) in [5.41, 5.74) is 3.45. The number of carbonyl (C=O) groups is 1. The van der Waals surface area contributed by atoms with Gasteiger partial charge in [0.2, 0.25) is 0 Å². The molecule has 1 saturated heterocycles. The van der Waals surface area contributed by atoms with Gasteiger partial charge in [0, 0.05) is 57.2 Å². The van der Waals surface area contributed by atoms with Gasteiger partial charge in [-0.1, -0.05) is 56.0 Å². The molecule has 0 bridgehead atoms. The molecule has 2 heterocycles. The van der Waals surface area contributed by atoms with Gasteiger partial charge in [-0.3, -0.25) is 14.5 Å². The highest BCUT2D eigenvalue weighted by Gasteiger charge is 2.28. The van der Waals surface area contributed by atoms with Crippen molar-refractivity contribution in [2.75, 3.05) is 26.2 Å². The molecule has 1 aliphatic heterocycles. The van der Waals surface area contributed by atoms with Crippen molar-refractivity contribution >= 4 is 5.91 Å². The molecular weight excluding hydrogens is 374 g/mol. The van der Waals surface area contributed by atoms with Gasteiger partial charge in [0.15, 0.2) is 5.43 Å². The number of benzene rings is 1. The highest BCUT2D eigenvalue weighted by atomic mass is 16.2. The largest absolute Gasteiger partial charge is 0.351 e. The monoisotopic (exact) mass is 407 g/mol. The highest BCUT2D eigenvalue weighted by Crippen LogP contribution is 2.29. The fourth-order valence-corrected chi connectivity index (χ4v) is 4.95. The number of rotatable bonds is 5. The van der Waals surface area contributed by atoms with Gasteiger partial charge in [0.1, 0.15) is 5.56 Å². The molecule has 1 aromatic carbocycles. The van der Waals surface area contributed by atoms with E-state index in [-0.39, 0.29) is 11.3 Å². The van der Waals surface area contributed by atoms with Gasteiger partial charge in [0.05, 0.1) is 0 Å². The maximum absolute atomic E-state index is 13.4. The molecule has 160 valence electrons. The number of aromatic nitrogens is 1. The Balaban J connectivity index is 1.49. The first-order valence-electron chi connectivity index (χ1n) is 11.3. The lowest BCUT2D eigenvalue weighted by molar-refractivity contribution is 0.0624. The van der Waals surface area contributed by atoms with Gasteiger partial charge in [-0.05, 0) is 24.8 Å². The van der Waals surface area contributed by atoms with Gasteiger partial charge < -0.3 is 9.47 Å². The van der Waals surface area contributed by atoms with E-state index in [9.17, 15) is 9.59 Å². The lowest BCUT2D eigenvalue weighted by Gasteiger charge is -2.35. The van der Waals surface area contributed by atoms with Crippen molar-refractivity contribution in [1.82, 2.24) is 14.4 Å². The average Bonchev–Trinajstić information content (AvgIpc) is 3.26. The van der Waals surface area contributed by atoms with Gasteiger partial charge in [-0.2, -0.15) is 0 Å². The summed E-state index contributed by atoms with van der Waals surface area (Å²) >= 11 is 0. The molecule has 0 spiro atoms. The van der Waals surface area contributed by atoms with Gasteiger partial charge >= 0.3 is 0 Å². The maximum atomic E-state index is 13.4. The second kappa shape index (κ2) is 9.17. The highest BCUT2D eigenvalue weighted by molar-refractivity contribution is 5.95. The number of amides is 1. The predicted octanol–water partition coefficient (Wildman–Crippen LogP) is 3.38. The molecule has 2 fully saturated rings. The van der Waals surface area contributed by atoms with E-state index < -0.39 is 0 Å². The first-order valence-corrected chi connectivity index (χ1v) is 11.3. The minimum absolute atomic E-state index is 0.0806. The number of pyridine rings is 1. The summed E-state index contributed by atoms with van der Waals surface area (Å²) in [6.45, 7) is 5.88. The zero-order chi connectivity index (χ0) is 21.1. The van der Waals surface area contributed by atoms with E-state index >= 15 is 0 Å². The number of hydrogen-bond donors (Lipinski definition) is 0. The molecule has 1 amide bonds. The van der Waals surface area contributed by atoms with Crippen LogP contribution in [0.1, 0.15) is 53.0 Å². The van der Waals surface area contributed by atoms with Gasteiger partial charge in [-0.15, -0.1) is 0 Å². The van der Waals surface area contributed by atoms with Crippen LogP contribution in [0.15, 0.2) is 41.2 Å². The van der Waals surface area contributed by atoms with Crippen LogP contribution in [0.2, 0.25) is 0 Å². The molecule has 4 rings (SSSR count). The maximum Gasteiger partial charge on any atom is 0.259 e. The van der Waals surface area contributed by atoms with Crippen LogP contribution in [0, 0.1) is 12.8 Å². The second-order valence-electron chi connectivity index (χ2n) is 8.94. The molecule has 0 atom stereocenters. The van der Waals surface area contributed by atoms with E-state index in [2.05, 4.69) is 33.7 Å². The standard InChI is InChI=1S/C25H33N3O2/c1-19-16-23(29)24(22(26(19)2)17-20-8-6-7-9-20)25(30)28-14-12-27(13-15-28)18-21-10-4-3-5-11-21/h3-5,10-11,16,20H,6-9,12-15,17-18H2,1-2H3. The van der Waals surface area contributed by atoms with Crippen LogP contribution in [0.3, 0.4) is 0 Å². The fourth-order valence-electron chi connectivity index (χ4n) is 4.95. The summed E-state index contributed by atoms with van der Waals surface area (Å²) in [6.07, 6.45) is 5.76. The number of nitrogens with zero attached hydrogens (tertiary/aromatic N) is 3. The second-order valence-corrected chi connectivity index (χ2v) is 8.94. The molecule has 0 unspecified atom stereocenters. The van der Waals surface area contributed by atoms with Crippen molar-refractivity contribution in [3.63, 3.8) is 0 Å². The molecule has 2 aliphatic rings. The van der Waals surface area contributed by atoms with Crippen LogP contribution in [-0.2, 0) is 20.0 Å². The summed E-state index contributed by atoms with van der Waals surface area (Å²) < 4.78 is 2.07. The van der Waals surface area contributed by atoms with Gasteiger partial charge in [-0.25, -0.2) is 0 Å². The zero-order valence-corrected chi connectivity index (χ0v) is 18.3. The van der Waals surface area contributed by atoms with E-state index in [4.69, 9.17) is 0 Å². The third-order valence-corrected chi connectivity index (χ3v) is 6.89. The van der Waals surface area contributed by atoms with E-state index in [0.717, 1.165) is 37.4 Å². The molecule has 0 radical (unpaired) electrons. The van der Waals surface area contributed by atoms with Crippen molar-refractivity contribution in [3.8, 4) is 0 Å².